The SMILES string of the molecule is CNC(Cc1ccc(OC)c(F)c1)C(F)(F)F. The summed E-state index contributed by atoms with van der Waals surface area (Å²) in [5.74, 6) is -0.649. The molecule has 1 N–H and O–H groups in total. The van der Waals surface area contributed by atoms with Crippen molar-refractivity contribution in [1.29, 1.82) is 0 Å². The van der Waals surface area contributed by atoms with E-state index < -0.39 is 18.0 Å². The van der Waals surface area contributed by atoms with E-state index >= 15 is 0 Å². The monoisotopic (exact) mass is 251 g/mol. The summed E-state index contributed by atoms with van der Waals surface area (Å²) >= 11 is 0. The first-order chi connectivity index (χ1) is 7.88. The highest BCUT2D eigenvalue weighted by Crippen LogP contribution is 2.24. The van der Waals surface area contributed by atoms with Crippen molar-refractivity contribution in [2.75, 3.05) is 14.2 Å². The molecule has 1 atom stereocenters. The molecule has 0 heterocycles. The van der Waals surface area contributed by atoms with Crippen LogP contribution in [0.5, 0.6) is 5.75 Å². The minimum absolute atomic E-state index is 0.0155. The van der Waals surface area contributed by atoms with Crippen LogP contribution in [0.15, 0.2) is 18.2 Å². The van der Waals surface area contributed by atoms with Crippen LogP contribution in [0.1, 0.15) is 5.56 Å². The van der Waals surface area contributed by atoms with Gasteiger partial charge in [0.2, 0.25) is 0 Å². The van der Waals surface area contributed by atoms with Crippen molar-refractivity contribution in [2.24, 2.45) is 0 Å². The van der Waals surface area contributed by atoms with Gasteiger partial charge in [-0.25, -0.2) is 4.39 Å². The van der Waals surface area contributed by atoms with E-state index in [9.17, 15) is 17.6 Å². The number of ether oxygens (including phenoxy) is 1. The Morgan fingerprint density at radius 1 is 1.35 bits per heavy atom. The Morgan fingerprint density at radius 3 is 2.41 bits per heavy atom. The maximum atomic E-state index is 13.3. The summed E-state index contributed by atoms with van der Waals surface area (Å²) in [4.78, 5) is 0. The first kappa shape index (κ1) is 13.8. The predicted molar refractivity (Wildman–Crippen MR) is 55.6 cm³/mol. The van der Waals surface area contributed by atoms with E-state index in [4.69, 9.17) is 0 Å². The van der Waals surface area contributed by atoms with Gasteiger partial charge in [0, 0.05) is 0 Å². The minimum Gasteiger partial charge on any atom is -0.494 e. The van der Waals surface area contributed by atoms with E-state index in [1.54, 1.807) is 0 Å². The van der Waals surface area contributed by atoms with Crippen molar-refractivity contribution in [3.05, 3.63) is 29.6 Å². The average molecular weight is 251 g/mol. The highest BCUT2D eigenvalue weighted by Gasteiger charge is 2.38. The van der Waals surface area contributed by atoms with E-state index in [1.165, 1.54) is 26.3 Å². The van der Waals surface area contributed by atoms with Crippen LogP contribution in [-0.4, -0.2) is 26.4 Å². The molecule has 0 aliphatic heterocycles. The fourth-order valence-electron chi connectivity index (χ4n) is 1.45. The molecule has 0 aliphatic rings. The third kappa shape index (κ3) is 3.59. The molecule has 0 saturated heterocycles. The second-order valence-corrected chi connectivity index (χ2v) is 3.56. The third-order valence-electron chi connectivity index (χ3n) is 2.40. The highest BCUT2D eigenvalue weighted by molar-refractivity contribution is 5.29. The topological polar surface area (TPSA) is 21.3 Å². The summed E-state index contributed by atoms with van der Waals surface area (Å²) in [6.07, 6.45) is -4.67. The number of halogens is 4. The van der Waals surface area contributed by atoms with E-state index in [0.717, 1.165) is 6.07 Å². The minimum atomic E-state index is -4.36. The van der Waals surface area contributed by atoms with Crippen molar-refractivity contribution in [1.82, 2.24) is 5.32 Å². The number of methoxy groups -OCH3 is 1. The number of rotatable bonds is 4. The molecule has 1 aromatic rings. The van der Waals surface area contributed by atoms with Gasteiger partial charge in [-0.1, -0.05) is 6.07 Å². The van der Waals surface area contributed by atoms with Crippen LogP contribution in [0.4, 0.5) is 17.6 Å². The molecular weight excluding hydrogens is 238 g/mol. The largest absolute Gasteiger partial charge is 0.494 e. The molecule has 0 bridgehead atoms. The lowest BCUT2D eigenvalue weighted by atomic mass is 10.1. The molecule has 0 saturated carbocycles. The molecule has 1 rings (SSSR count). The zero-order valence-corrected chi connectivity index (χ0v) is 9.44. The Hall–Kier alpha value is -1.30. The van der Waals surface area contributed by atoms with Gasteiger partial charge >= 0.3 is 6.18 Å². The van der Waals surface area contributed by atoms with Gasteiger partial charge in [0.1, 0.15) is 6.04 Å². The lowest BCUT2D eigenvalue weighted by molar-refractivity contribution is -0.154. The van der Waals surface area contributed by atoms with Crippen LogP contribution in [0.3, 0.4) is 0 Å². The number of alkyl halides is 3. The van der Waals surface area contributed by atoms with Gasteiger partial charge in [-0.2, -0.15) is 13.2 Å². The van der Waals surface area contributed by atoms with Gasteiger partial charge in [-0.3, -0.25) is 0 Å². The van der Waals surface area contributed by atoms with Crippen LogP contribution in [0, 0.1) is 5.82 Å². The fraction of sp³-hybridized carbons (Fsp3) is 0.455. The van der Waals surface area contributed by atoms with Gasteiger partial charge < -0.3 is 10.1 Å². The summed E-state index contributed by atoms with van der Waals surface area (Å²) in [5.41, 5.74) is 0.264. The number of hydrogen-bond donors (Lipinski definition) is 1. The summed E-state index contributed by atoms with van der Waals surface area (Å²) < 4.78 is 55.4. The molecule has 0 aliphatic carbocycles. The Balaban J connectivity index is 2.84. The zero-order chi connectivity index (χ0) is 13.1. The quantitative estimate of drug-likeness (QED) is 0.830. The van der Waals surface area contributed by atoms with Crippen molar-refractivity contribution < 1.29 is 22.3 Å². The lowest BCUT2D eigenvalue weighted by Crippen LogP contribution is -2.41. The summed E-state index contributed by atoms with van der Waals surface area (Å²) in [5, 5.41) is 2.16. The summed E-state index contributed by atoms with van der Waals surface area (Å²) in [6, 6.07) is 2.09. The number of nitrogens with one attached hydrogen (secondary N) is 1. The normalized spacial score (nSPS) is 13.5. The number of benzene rings is 1. The van der Waals surface area contributed by atoms with Gasteiger partial charge in [0.05, 0.1) is 7.11 Å². The zero-order valence-electron chi connectivity index (χ0n) is 9.44. The van der Waals surface area contributed by atoms with Crippen LogP contribution in [0.2, 0.25) is 0 Å². The molecule has 17 heavy (non-hydrogen) atoms. The Bertz CT molecular complexity index is 378. The molecule has 0 spiro atoms. The van der Waals surface area contributed by atoms with E-state index in [-0.39, 0.29) is 17.7 Å². The van der Waals surface area contributed by atoms with Crippen molar-refractivity contribution in [3.8, 4) is 5.75 Å². The standard InChI is InChI=1S/C11H13F4NO/c1-16-10(11(13,14)15)6-7-3-4-9(17-2)8(12)5-7/h3-5,10,16H,6H2,1-2H3. The molecule has 1 aromatic carbocycles. The Kier molecular flexibility index (Phi) is 4.34. The highest BCUT2D eigenvalue weighted by atomic mass is 19.4. The second kappa shape index (κ2) is 5.35. The summed E-state index contributed by atoms with van der Waals surface area (Å²) in [6.45, 7) is 0. The number of hydrogen-bond acceptors (Lipinski definition) is 2. The van der Waals surface area contributed by atoms with E-state index in [2.05, 4.69) is 10.1 Å². The van der Waals surface area contributed by atoms with Crippen LogP contribution < -0.4 is 10.1 Å². The number of likely N-dealkylation sites (N-methyl/N-ethyl adjacent to an activating group) is 1. The first-order valence-electron chi connectivity index (χ1n) is 4.95. The van der Waals surface area contributed by atoms with E-state index in [1.807, 2.05) is 0 Å². The van der Waals surface area contributed by atoms with Crippen LogP contribution in [-0.2, 0) is 6.42 Å². The maximum absolute atomic E-state index is 13.3. The van der Waals surface area contributed by atoms with Gasteiger partial charge in [-0.05, 0) is 31.2 Å². The third-order valence-corrected chi connectivity index (χ3v) is 2.40. The Morgan fingerprint density at radius 2 is 2.00 bits per heavy atom. The molecule has 0 fully saturated rings. The van der Waals surface area contributed by atoms with Crippen molar-refractivity contribution in [3.63, 3.8) is 0 Å². The molecule has 0 amide bonds. The fourth-order valence-corrected chi connectivity index (χ4v) is 1.45. The molecule has 2 nitrogen and oxygen atoms in total. The Labute approximate surface area is 96.6 Å². The van der Waals surface area contributed by atoms with Crippen LogP contribution >= 0.6 is 0 Å². The average Bonchev–Trinajstić information content (AvgIpc) is 2.24. The van der Waals surface area contributed by atoms with Gasteiger partial charge in [-0.15, -0.1) is 0 Å². The molecular formula is C11H13F4NO. The molecule has 0 aromatic heterocycles. The van der Waals surface area contributed by atoms with Crippen molar-refractivity contribution in [2.45, 2.75) is 18.6 Å². The van der Waals surface area contributed by atoms with Crippen molar-refractivity contribution >= 4 is 0 Å². The van der Waals surface area contributed by atoms with Crippen LogP contribution in [0.25, 0.3) is 0 Å². The molecule has 0 radical (unpaired) electrons. The maximum Gasteiger partial charge on any atom is 0.404 e. The van der Waals surface area contributed by atoms with E-state index in [0.29, 0.717) is 0 Å². The van der Waals surface area contributed by atoms with Gasteiger partial charge in [0.15, 0.2) is 11.6 Å². The first-order valence-corrected chi connectivity index (χ1v) is 4.95. The summed E-state index contributed by atoms with van der Waals surface area (Å²) in [7, 11) is 2.52. The smallest absolute Gasteiger partial charge is 0.404 e. The predicted octanol–water partition coefficient (Wildman–Crippen LogP) is 2.53. The second-order valence-electron chi connectivity index (χ2n) is 3.56. The molecule has 1 unspecified atom stereocenters. The van der Waals surface area contributed by atoms with Gasteiger partial charge in [0.25, 0.3) is 0 Å². The lowest BCUT2D eigenvalue weighted by Gasteiger charge is -2.19. The molecule has 6 heteroatoms. The molecule has 96 valence electrons.